The SMILES string of the molecule is C1=Cc2nc1cc1ccc([n-]1)c(-c1ccc3c(c1)OCCOCCOCCOCCO3)c1nc(cc3ccc([n-]3)c2-c2ccc3c(c2)OCCOCCOCCOCCO3)C=C1.[Pd+2]. The Labute approximate surface area is 379 Å². The molecule has 0 N–H and O–H groups in total. The maximum atomic E-state index is 6.26. The number of hydrogen-bond acceptors (Lipinski definition) is 12. The quantitative estimate of drug-likeness (QED) is 0.166. The van der Waals surface area contributed by atoms with Crippen molar-refractivity contribution in [2.24, 2.45) is 0 Å². The maximum absolute atomic E-state index is 6.26. The summed E-state index contributed by atoms with van der Waals surface area (Å²) in [5.74, 6) is 2.39. The smallest absolute Gasteiger partial charge is 0.657 e. The Morgan fingerprint density at radius 1 is 0.349 bits per heavy atom. The Balaban J connectivity index is 0.00000544. The van der Waals surface area contributed by atoms with E-state index in [4.69, 9.17) is 67.3 Å². The second-order valence-corrected chi connectivity index (χ2v) is 14.5. The van der Waals surface area contributed by atoms with E-state index in [1.54, 1.807) is 0 Å². The molecule has 0 saturated carbocycles. The molecule has 5 aromatic rings. The summed E-state index contributed by atoms with van der Waals surface area (Å²) in [5, 5.41) is 0. The predicted octanol–water partition coefficient (Wildman–Crippen LogP) is 6.89. The first-order valence-corrected chi connectivity index (χ1v) is 21.0. The van der Waals surface area contributed by atoms with Crippen LogP contribution in [0, 0.1) is 0 Å². The molecule has 0 atom stereocenters. The molecule has 3 aromatic heterocycles. The van der Waals surface area contributed by atoms with Crippen LogP contribution in [0.4, 0.5) is 0 Å². The van der Waals surface area contributed by atoms with Crippen molar-refractivity contribution in [3.8, 4) is 45.3 Å². The van der Waals surface area contributed by atoms with Gasteiger partial charge in [0.05, 0.1) is 102 Å². The molecule has 2 aromatic carbocycles. The maximum Gasteiger partial charge on any atom is 2.00 e. The van der Waals surface area contributed by atoms with Gasteiger partial charge in [-0.25, -0.2) is 9.97 Å². The standard InChI is InChI=1S/C48H48N4O10.Pd/c1-11-43-45(61-27-23-57-19-15-53-13-17-55-21-25-59-43)29-33(1)47-39-7-3-35(49-39)31-37-5-9-41(51-37)48(42-10-6-38(52-42)32-36-4-8-40(47)50-36)34-2-12-44-46(30-34)62-28-24-58-20-16-54-14-18-56-22-26-60-44;/h1-12,29-32H,13-28H2;/q-2;+2. The third kappa shape index (κ3) is 11.6. The van der Waals surface area contributed by atoms with Gasteiger partial charge in [0.25, 0.3) is 0 Å². The van der Waals surface area contributed by atoms with Gasteiger partial charge in [-0.1, -0.05) is 48.5 Å². The van der Waals surface area contributed by atoms with Gasteiger partial charge in [-0.05, 0) is 70.8 Å². The van der Waals surface area contributed by atoms with Gasteiger partial charge in [-0.2, -0.15) is 0 Å². The number of benzene rings is 2. The summed E-state index contributed by atoms with van der Waals surface area (Å²) in [6, 6.07) is 23.7. The predicted molar refractivity (Wildman–Crippen MR) is 235 cm³/mol. The molecular weight excluding hydrogens is 899 g/mol. The van der Waals surface area contributed by atoms with E-state index in [9.17, 15) is 0 Å². The molecule has 0 aliphatic carbocycles. The minimum atomic E-state index is 0. The van der Waals surface area contributed by atoms with Crippen molar-refractivity contribution in [2.45, 2.75) is 0 Å². The summed E-state index contributed by atoms with van der Waals surface area (Å²) in [6.45, 7) is 6.98. The minimum Gasteiger partial charge on any atom is -0.657 e. The molecule has 15 heteroatoms. The summed E-state index contributed by atoms with van der Waals surface area (Å²) < 4.78 is 58.7. The molecular formula is C48H48N4O10Pd. The first-order chi connectivity index (χ1) is 30.7. The van der Waals surface area contributed by atoms with Crippen LogP contribution in [0.15, 0.2) is 72.8 Å². The summed E-state index contributed by atoms with van der Waals surface area (Å²) in [6.07, 6.45) is 7.99. The van der Waals surface area contributed by atoms with Crippen LogP contribution in [0.1, 0.15) is 22.8 Å². The Hall–Kier alpha value is -5.34. The Kier molecular flexibility index (Phi) is 15.7. The van der Waals surface area contributed by atoms with Crippen LogP contribution in [-0.4, -0.2) is 116 Å². The van der Waals surface area contributed by atoms with Crippen molar-refractivity contribution in [1.29, 1.82) is 0 Å². The van der Waals surface area contributed by atoms with Crippen LogP contribution in [0.3, 0.4) is 0 Å². The minimum absolute atomic E-state index is 0. The number of ether oxygens (including phenoxy) is 10. The van der Waals surface area contributed by atoms with Gasteiger partial charge in [0.2, 0.25) is 0 Å². The first kappa shape index (κ1) is 44.3. The summed E-state index contributed by atoms with van der Waals surface area (Å²) in [7, 11) is 0. The topological polar surface area (TPSA) is 146 Å². The zero-order chi connectivity index (χ0) is 41.8. The average Bonchev–Trinajstić information content (AvgIpc) is 4.12. The van der Waals surface area contributed by atoms with E-state index in [1.807, 2.05) is 97.1 Å². The second-order valence-electron chi connectivity index (χ2n) is 14.5. The van der Waals surface area contributed by atoms with E-state index < -0.39 is 0 Å². The van der Waals surface area contributed by atoms with Gasteiger partial charge in [0.15, 0.2) is 23.0 Å². The third-order valence-corrected chi connectivity index (χ3v) is 10.2. The van der Waals surface area contributed by atoms with E-state index in [1.165, 1.54) is 0 Å². The van der Waals surface area contributed by atoms with Crippen molar-refractivity contribution in [1.82, 2.24) is 19.9 Å². The van der Waals surface area contributed by atoms with Gasteiger partial charge in [-0.3, -0.25) is 0 Å². The number of hydrogen-bond donors (Lipinski definition) is 0. The Morgan fingerprint density at radius 3 is 1.08 bits per heavy atom. The molecule has 7 heterocycles. The van der Waals surface area contributed by atoms with E-state index in [0.717, 1.165) is 67.1 Å². The van der Waals surface area contributed by atoms with Crippen molar-refractivity contribution in [2.75, 3.05) is 106 Å². The fraction of sp³-hybridized carbons (Fsp3) is 0.333. The fourth-order valence-corrected chi connectivity index (χ4v) is 7.26. The molecule has 8 bridgehead atoms. The van der Waals surface area contributed by atoms with Crippen LogP contribution in [-0.2, 0) is 48.8 Å². The largest absolute Gasteiger partial charge is 2.00 e. The molecule has 330 valence electrons. The number of aromatic nitrogens is 4. The van der Waals surface area contributed by atoms with Crippen LogP contribution in [0.2, 0.25) is 0 Å². The molecule has 0 saturated heterocycles. The van der Waals surface area contributed by atoms with E-state index >= 15 is 0 Å². The number of fused-ring (bicyclic) bond motifs is 10. The zero-order valence-electron chi connectivity index (χ0n) is 34.7. The van der Waals surface area contributed by atoms with Gasteiger partial charge >= 0.3 is 20.4 Å². The Bertz CT molecular complexity index is 2380. The van der Waals surface area contributed by atoms with Crippen molar-refractivity contribution >= 4 is 46.4 Å². The second kappa shape index (κ2) is 22.3. The van der Waals surface area contributed by atoms with Crippen LogP contribution < -0.4 is 28.9 Å². The van der Waals surface area contributed by atoms with Crippen molar-refractivity contribution < 1.29 is 67.8 Å². The van der Waals surface area contributed by atoms with Crippen LogP contribution in [0.25, 0.3) is 68.6 Å². The summed E-state index contributed by atoms with van der Waals surface area (Å²) in [5.41, 5.74) is 9.45. The van der Waals surface area contributed by atoms with Crippen LogP contribution >= 0.6 is 0 Å². The molecule has 0 unspecified atom stereocenters. The summed E-state index contributed by atoms with van der Waals surface area (Å²) >= 11 is 0. The third-order valence-electron chi connectivity index (χ3n) is 10.2. The number of nitrogens with zero attached hydrogens (tertiary/aromatic N) is 4. The van der Waals surface area contributed by atoms with Crippen molar-refractivity contribution in [3.63, 3.8) is 0 Å². The normalized spacial score (nSPS) is 17.0. The van der Waals surface area contributed by atoms with E-state index in [2.05, 4.69) is 0 Å². The monoisotopic (exact) mass is 946 g/mol. The van der Waals surface area contributed by atoms with Gasteiger partial charge in [-0.15, -0.1) is 22.1 Å². The van der Waals surface area contributed by atoms with Crippen molar-refractivity contribution in [3.05, 3.63) is 95.6 Å². The molecule has 4 aliphatic heterocycles. The zero-order valence-corrected chi connectivity index (χ0v) is 36.3. The van der Waals surface area contributed by atoms with Gasteiger partial charge in [0.1, 0.15) is 26.4 Å². The fourth-order valence-electron chi connectivity index (χ4n) is 7.26. The van der Waals surface area contributed by atoms with Gasteiger partial charge in [0, 0.05) is 0 Å². The number of rotatable bonds is 2. The van der Waals surface area contributed by atoms with Crippen LogP contribution in [0.5, 0.6) is 23.0 Å². The molecule has 63 heavy (non-hydrogen) atoms. The molecule has 14 nitrogen and oxygen atoms in total. The first-order valence-electron chi connectivity index (χ1n) is 21.0. The van der Waals surface area contributed by atoms with E-state index in [0.29, 0.717) is 129 Å². The Morgan fingerprint density at radius 2 is 0.698 bits per heavy atom. The molecule has 0 fully saturated rings. The molecule has 9 rings (SSSR count). The molecule has 0 spiro atoms. The van der Waals surface area contributed by atoms with E-state index in [-0.39, 0.29) is 20.4 Å². The molecule has 4 aliphatic rings. The molecule has 0 radical (unpaired) electrons. The summed E-state index contributed by atoms with van der Waals surface area (Å²) in [4.78, 5) is 20.4. The van der Waals surface area contributed by atoms with Gasteiger partial charge < -0.3 is 57.3 Å². The molecule has 0 amide bonds. The average molecular weight is 947 g/mol.